The maximum absolute atomic E-state index is 12.9. The summed E-state index contributed by atoms with van der Waals surface area (Å²) >= 11 is 0. The van der Waals surface area contributed by atoms with E-state index in [0.717, 1.165) is 25.4 Å². The highest BCUT2D eigenvalue weighted by Crippen LogP contribution is 2.28. The number of hydrogen-bond donors (Lipinski definition) is 2. The quantitative estimate of drug-likeness (QED) is 0.688. The molecule has 0 atom stereocenters. The minimum atomic E-state index is -0.665. The number of amides is 1. The lowest BCUT2D eigenvalue weighted by atomic mass is 9.86. The highest BCUT2D eigenvalue weighted by molar-refractivity contribution is 5.89. The zero-order valence-corrected chi connectivity index (χ0v) is 15.4. The number of nitrogens with zero attached hydrogens (tertiary/aromatic N) is 3. The molecule has 0 radical (unpaired) electrons. The molecule has 0 aliphatic carbocycles. The first-order valence-corrected chi connectivity index (χ1v) is 8.91. The second kappa shape index (κ2) is 8.37. The summed E-state index contributed by atoms with van der Waals surface area (Å²) in [5.41, 5.74) is -0.665. The Hall–Kier alpha value is -2.32. The number of ether oxygens (including phenoxy) is 1. The number of carbonyl (C=O) groups is 1. The van der Waals surface area contributed by atoms with Crippen molar-refractivity contribution in [2.24, 2.45) is 7.05 Å². The molecular weight excluding hydrogens is 334 g/mol. The van der Waals surface area contributed by atoms with Crippen molar-refractivity contribution in [2.75, 3.05) is 38.7 Å². The Labute approximate surface area is 153 Å². The number of hydrogen-bond acceptors (Lipinski definition) is 6. The standard InChI is InChI=1S/C18H27N5O3/c1-22-9-5-16(21-22)20-18(17(24)19-8-13-25-2)6-10-23(11-7-18)14-15-4-3-12-26-15/h3-5,9,12H,6-8,10-11,13-14H2,1-2H3,(H,19,24)(H,20,21). The molecular formula is C18H27N5O3. The van der Waals surface area contributed by atoms with Crippen LogP contribution < -0.4 is 10.6 Å². The maximum atomic E-state index is 12.9. The van der Waals surface area contributed by atoms with Crippen LogP contribution in [0.4, 0.5) is 5.82 Å². The van der Waals surface area contributed by atoms with Crippen LogP contribution in [0.25, 0.3) is 0 Å². The zero-order chi connectivity index (χ0) is 18.4. The summed E-state index contributed by atoms with van der Waals surface area (Å²) in [6.45, 7) is 3.36. The third-order valence-corrected chi connectivity index (χ3v) is 4.78. The average Bonchev–Trinajstić information content (AvgIpc) is 3.28. The minimum Gasteiger partial charge on any atom is -0.468 e. The lowest BCUT2D eigenvalue weighted by molar-refractivity contribution is -0.127. The first kappa shape index (κ1) is 18.5. The lowest BCUT2D eigenvalue weighted by Gasteiger charge is -2.41. The molecule has 2 N–H and O–H groups in total. The summed E-state index contributed by atoms with van der Waals surface area (Å²) in [7, 11) is 3.49. The average molecular weight is 361 g/mol. The number of furan rings is 1. The third-order valence-electron chi connectivity index (χ3n) is 4.78. The number of rotatable bonds is 8. The summed E-state index contributed by atoms with van der Waals surface area (Å²) < 4.78 is 12.2. The van der Waals surface area contributed by atoms with Crippen LogP contribution in [-0.2, 0) is 23.1 Å². The largest absolute Gasteiger partial charge is 0.468 e. The van der Waals surface area contributed by atoms with Gasteiger partial charge in [0.05, 0.1) is 19.4 Å². The predicted octanol–water partition coefficient (Wildman–Crippen LogP) is 1.22. The normalized spacial score (nSPS) is 17.2. The molecule has 0 aromatic carbocycles. The Bertz CT molecular complexity index is 690. The van der Waals surface area contributed by atoms with Gasteiger partial charge in [0.1, 0.15) is 17.1 Å². The molecule has 1 aliphatic heterocycles. The molecule has 1 saturated heterocycles. The lowest BCUT2D eigenvalue weighted by Crippen LogP contribution is -2.58. The minimum absolute atomic E-state index is 0.00199. The Morgan fingerprint density at radius 3 is 2.81 bits per heavy atom. The molecule has 0 bridgehead atoms. The van der Waals surface area contributed by atoms with Gasteiger partial charge < -0.3 is 19.8 Å². The second-order valence-electron chi connectivity index (χ2n) is 6.69. The Balaban J connectivity index is 1.66. The van der Waals surface area contributed by atoms with Crippen LogP contribution in [0.2, 0.25) is 0 Å². The van der Waals surface area contributed by atoms with Gasteiger partial charge in [0.25, 0.3) is 0 Å². The Morgan fingerprint density at radius 2 is 2.19 bits per heavy atom. The second-order valence-corrected chi connectivity index (χ2v) is 6.69. The summed E-state index contributed by atoms with van der Waals surface area (Å²) in [5, 5.41) is 10.8. The van der Waals surface area contributed by atoms with Crippen LogP contribution >= 0.6 is 0 Å². The van der Waals surface area contributed by atoms with Gasteiger partial charge in [-0.1, -0.05) is 0 Å². The molecule has 1 fully saturated rings. The van der Waals surface area contributed by atoms with E-state index in [1.807, 2.05) is 31.4 Å². The van der Waals surface area contributed by atoms with Crippen LogP contribution in [-0.4, -0.2) is 59.5 Å². The fourth-order valence-electron chi connectivity index (χ4n) is 3.29. The molecule has 142 valence electrons. The van der Waals surface area contributed by atoms with Gasteiger partial charge in [-0.05, 0) is 25.0 Å². The van der Waals surface area contributed by atoms with Crippen molar-refractivity contribution in [2.45, 2.75) is 24.9 Å². The van der Waals surface area contributed by atoms with E-state index in [-0.39, 0.29) is 5.91 Å². The SMILES string of the molecule is COCCNC(=O)C1(Nc2ccn(C)n2)CCN(Cc2ccco2)CC1. The van der Waals surface area contributed by atoms with Gasteiger partial charge in [0.15, 0.2) is 0 Å². The van der Waals surface area contributed by atoms with Gasteiger partial charge in [-0.25, -0.2) is 0 Å². The third kappa shape index (κ3) is 4.44. The van der Waals surface area contributed by atoms with Gasteiger partial charge in [-0.3, -0.25) is 14.4 Å². The molecule has 8 nitrogen and oxygen atoms in total. The maximum Gasteiger partial charge on any atom is 0.245 e. The van der Waals surface area contributed by atoms with Crippen LogP contribution in [0, 0.1) is 0 Å². The number of carbonyl (C=O) groups excluding carboxylic acids is 1. The van der Waals surface area contributed by atoms with E-state index in [4.69, 9.17) is 9.15 Å². The van der Waals surface area contributed by atoms with E-state index < -0.39 is 5.54 Å². The summed E-state index contributed by atoms with van der Waals surface area (Å²) in [4.78, 5) is 15.2. The van der Waals surface area contributed by atoms with Crippen molar-refractivity contribution in [1.29, 1.82) is 0 Å². The van der Waals surface area contributed by atoms with Crippen molar-refractivity contribution in [3.63, 3.8) is 0 Å². The number of nitrogens with one attached hydrogen (secondary N) is 2. The van der Waals surface area contributed by atoms with Crippen molar-refractivity contribution in [3.8, 4) is 0 Å². The molecule has 0 saturated carbocycles. The molecule has 2 aromatic heterocycles. The zero-order valence-electron chi connectivity index (χ0n) is 15.4. The monoisotopic (exact) mass is 361 g/mol. The number of aryl methyl sites for hydroxylation is 1. The van der Waals surface area contributed by atoms with Gasteiger partial charge >= 0.3 is 0 Å². The van der Waals surface area contributed by atoms with E-state index >= 15 is 0 Å². The molecule has 1 amide bonds. The van der Waals surface area contributed by atoms with E-state index in [1.165, 1.54) is 0 Å². The van der Waals surface area contributed by atoms with E-state index in [9.17, 15) is 4.79 Å². The van der Waals surface area contributed by atoms with Crippen LogP contribution in [0.3, 0.4) is 0 Å². The van der Waals surface area contributed by atoms with Crippen LogP contribution in [0.15, 0.2) is 35.1 Å². The highest BCUT2D eigenvalue weighted by Gasteiger charge is 2.41. The molecule has 3 rings (SSSR count). The van der Waals surface area contributed by atoms with Crippen molar-refractivity contribution < 1.29 is 13.9 Å². The molecule has 0 spiro atoms. The number of piperidine rings is 1. The summed E-state index contributed by atoms with van der Waals surface area (Å²) in [5.74, 6) is 1.66. The van der Waals surface area contributed by atoms with Gasteiger partial charge in [0.2, 0.25) is 5.91 Å². The van der Waals surface area contributed by atoms with Crippen molar-refractivity contribution in [3.05, 3.63) is 36.4 Å². The molecule has 1 aliphatic rings. The number of methoxy groups -OCH3 is 1. The number of anilines is 1. The van der Waals surface area contributed by atoms with E-state index in [0.29, 0.717) is 31.8 Å². The van der Waals surface area contributed by atoms with Crippen molar-refractivity contribution in [1.82, 2.24) is 20.0 Å². The summed E-state index contributed by atoms with van der Waals surface area (Å²) in [6, 6.07) is 5.76. The predicted molar refractivity (Wildman–Crippen MR) is 97.7 cm³/mol. The number of aromatic nitrogens is 2. The molecule has 8 heteroatoms. The molecule has 0 unspecified atom stereocenters. The van der Waals surface area contributed by atoms with Crippen molar-refractivity contribution >= 4 is 11.7 Å². The fraction of sp³-hybridized carbons (Fsp3) is 0.556. The molecule has 26 heavy (non-hydrogen) atoms. The Kier molecular flexibility index (Phi) is 5.95. The van der Waals surface area contributed by atoms with Crippen LogP contribution in [0.5, 0.6) is 0 Å². The topological polar surface area (TPSA) is 84.6 Å². The smallest absolute Gasteiger partial charge is 0.245 e. The summed E-state index contributed by atoms with van der Waals surface area (Å²) in [6.07, 6.45) is 4.95. The fourth-order valence-corrected chi connectivity index (χ4v) is 3.29. The number of likely N-dealkylation sites (tertiary alicyclic amines) is 1. The Morgan fingerprint density at radius 1 is 1.38 bits per heavy atom. The van der Waals surface area contributed by atoms with Crippen LogP contribution in [0.1, 0.15) is 18.6 Å². The molecule has 2 aromatic rings. The van der Waals surface area contributed by atoms with Gasteiger partial charge in [-0.15, -0.1) is 0 Å². The molecule has 3 heterocycles. The first-order valence-electron chi connectivity index (χ1n) is 8.91. The van der Waals surface area contributed by atoms with E-state index in [1.54, 1.807) is 18.1 Å². The highest BCUT2D eigenvalue weighted by atomic mass is 16.5. The van der Waals surface area contributed by atoms with Gasteiger partial charge in [-0.2, -0.15) is 5.10 Å². The van der Waals surface area contributed by atoms with E-state index in [2.05, 4.69) is 20.6 Å². The van der Waals surface area contributed by atoms with Gasteiger partial charge in [0, 0.05) is 46.1 Å². The first-order chi connectivity index (χ1) is 12.6.